The molecule has 22 heavy (non-hydrogen) atoms. The summed E-state index contributed by atoms with van der Waals surface area (Å²) in [5, 5.41) is 4.80. The van der Waals surface area contributed by atoms with Crippen LogP contribution in [0.5, 0.6) is 0 Å². The van der Waals surface area contributed by atoms with Crippen LogP contribution in [0.2, 0.25) is 10.0 Å². The molecule has 3 rings (SSSR count). The minimum atomic E-state index is 0.652. The van der Waals surface area contributed by atoms with E-state index in [0.717, 1.165) is 24.3 Å². The maximum absolute atomic E-state index is 6.15. The van der Waals surface area contributed by atoms with Crippen molar-refractivity contribution < 1.29 is 0 Å². The van der Waals surface area contributed by atoms with Crippen molar-refractivity contribution in [1.29, 1.82) is 0 Å². The fourth-order valence-electron chi connectivity index (χ4n) is 4.00. The zero-order chi connectivity index (χ0) is 15.5. The van der Waals surface area contributed by atoms with E-state index in [2.05, 4.69) is 23.2 Å². The van der Waals surface area contributed by atoms with Gasteiger partial charge in [-0.1, -0.05) is 36.2 Å². The van der Waals surface area contributed by atoms with E-state index in [-0.39, 0.29) is 0 Å². The Morgan fingerprint density at radius 2 is 1.91 bits per heavy atom. The zero-order valence-corrected chi connectivity index (χ0v) is 14.8. The highest BCUT2D eigenvalue weighted by atomic mass is 35.5. The molecule has 2 saturated heterocycles. The molecule has 2 unspecified atom stereocenters. The Kier molecular flexibility index (Phi) is 5.67. The number of nitrogens with one attached hydrogen (secondary N) is 1. The zero-order valence-electron chi connectivity index (χ0n) is 13.3. The number of hydrogen-bond donors (Lipinski definition) is 1. The lowest BCUT2D eigenvalue weighted by Crippen LogP contribution is -2.49. The number of nitrogens with zero attached hydrogens (tertiary/aromatic N) is 1. The Morgan fingerprint density at radius 1 is 1.14 bits per heavy atom. The summed E-state index contributed by atoms with van der Waals surface area (Å²) in [6.07, 6.45) is 5.04. The van der Waals surface area contributed by atoms with Crippen molar-refractivity contribution in [3.05, 3.63) is 33.8 Å². The maximum atomic E-state index is 6.15. The van der Waals surface area contributed by atoms with Crippen LogP contribution in [0.1, 0.15) is 31.7 Å². The highest BCUT2D eigenvalue weighted by Crippen LogP contribution is 2.31. The molecule has 2 aliphatic heterocycles. The molecule has 2 heterocycles. The second kappa shape index (κ2) is 7.53. The molecule has 0 amide bonds. The molecule has 2 nitrogen and oxygen atoms in total. The van der Waals surface area contributed by atoms with E-state index < -0.39 is 0 Å². The molecule has 0 aromatic heterocycles. The molecule has 1 N–H and O–H groups in total. The highest BCUT2D eigenvalue weighted by molar-refractivity contribution is 6.42. The van der Waals surface area contributed by atoms with Crippen molar-refractivity contribution in [2.24, 2.45) is 11.8 Å². The summed E-state index contributed by atoms with van der Waals surface area (Å²) in [4.78, 5) is 2.73. The lowest BCUT2D eigenvalue weighted by Gasteiger charge is -2.42. The average Bonchev–Trinajstić information content (AvgIpc) is 2.54. The molecule has 0 aliphatic carbocycles. The van der Waals surface area contributed by atoms with Crippen LogP contribution in [0.25, 0.3) is 0 Å². The van der Waals surface area contributed by atoms with E-state index >= 15 is 0 Å². The molecule has 4 heteroatoms. The fourth-order valence-corrected chi connectivity index (χ4v) is 4.32. The van der Waals surface area contributed by atoms with Gasteiger partial charge in [-0.25, -0.2) is 0 Å². The van der Waals surface area contributed by atoms with Gasteiger partial charge < -0.3 is 10.2 Å². The van der Waals surface area contributed by atoms with Gasteiger partial charge in [0.15, 0.2) is 0 Å². The summed E-state index contributed by atoms with van der Waals surface area (Å²) in [7, 11) is 0. The van der Waals surface area contributed by atoms with Crippen LogP contribution < -0.4 is 5.32 Å². The summed E-state index contributed by atoms with van der Waals surface area (Å²) >= 11 is 12.2. The van der Waals surface area contributed by atoms with Crippen LogP contribution in [0.3, 0.4) is 0 Å². The quantitative estimate of drug-likeness (QED) is 0.884. The van der Waals surface area contributed by atoms with Gasteiger partial charge in [-0.15, -0.1) is 0 Å². The van der Waals surface area contributed by atoms with Crippen molar-refractivity contribution in [3.63, 3.8) is 0 Å². The van der Waals surface area contributed by atoms with E-state index in [1.165, 1.54) is 51.0 Å². The van der Waals surface area contributed by atoms with Gasteiger partial charge in [0.1, 0.15) is 0 Å². The summed E-state index contributed by atoms with van der Waals surface area (Å²) in [5.74, 6) is 1.51. The van der Waals surface area contributed by atoms with Gasteiger partial charge in [-0.3, -0.25) is 0 Å². The number of likely N-dealkylation sites (tertiary alicyclic amines) is 1. The van der Waals surface area contributed by atoms with Gasteiger partial charge in [-0.05, 0) is 74.8 Å². The summed E-state index contributed by atoms with van der Waals surface area (Å²) in [5.41, 5.74) is 1.32. The standard InChI is InChI=1S/C18H26Cl2N2/c1-13-12-22(16-4-7-21-8-5-16)9-6-15(13)10-14-2-3-17(19)18(20)11-14/h2-3,11,13,15-16,21H,4-10,12H2,1H3. The Morgan fingerprint density at radius 3 is 2.59 bits per heavy atom. The van der Waals surface area contributed by atoms with Crippen molar-refractivity contribution in [3.8, 4) is 0 Å². The second-order valence-corrected chi connectivity index (χ2v) is 7.77. The maximum Gasteiger partial charge on any atom is 0.0595 e. The van der Waals surface area contributed by atoms with E-state index in [1.54, 1.807) is 0 Å². The van der Waals surface area contributed by atoms with Crippen LogP contribution in [-0.2, 0) is 6.42 Å². The summed E-state index contributed by atoms with van der Waals surface area (Å²) in [6.45, 7) is 7.28. The van der Waals surface area contributed by atoms with Crippen molar-refractivity contribution in [1.82, 2.24) is 10.2 Å². The van der Waals surface area contributed by atoms with Crippen LogP contribution >= 0.6 is 23.2 Å². The SMILES string of the molecule is CC1CN(C2CCNCC2)CCC1Cc1ccc(Cl)c(Cl)c1. The molecule has 2 atom stereocenters. The predicted molar refractivity (Wildman–Crippen MR) is 94.9 cm³/mol. The first-order valence-corrected chi connectivity index (χ1v) is 9.28. The third-order valence-electron chi connectivity index (χ3n) is 5.42. The Labute approximate surface area is 144 Å². The first-order valence-electron chi connectivity index (χ1n) is 8.52. The first-order chi connectivity index (χ1) is 10.6. The second-order valence-electron chi connectivity index (χ2n) is 6.95. The van der Waals surface area contributed by atoms with Crippen LogP contribution in [0.4, 0.5) is 0 Å². The molecule has 0 saturated carbocycles. The smallest absolute Gasteiger partial charge is 0.0595 e. The topological polar surface area (TPSA) is 15.3 Å². The van der Waals surface area contributed by atoms with Gasteiger partial charge in [0.25, 0.3) is 0 Å². The summed E-state index contributed by atoms with van der Waals surface area (Å²) < 4.78 is 0. The van der Waals surface area contributed by atoms with Gasteiger partial charge in [0.2, 0.25) is 0 Å². The summed E-state index contributed by atoms with van der Waals surface area (Å²) in [6, 6.07) is 6.89. The molecule has 0 spiro atoms. The lowest BCUT2D eigenvalue weighted by atomic mass is 9.81. The molecule has 1 aromatic carbocycles. The third kappa shape index (κ3) is 3.97. The number of benzene rings is 1. The highest BCUT2D eigenvalue weighted by Gasteiger charge is 2.30. The molecular weight excluding hydrogens is 315 g/mol. The van der Waals surface area contributed by atoms with E-state index in [0.29, 0.717) is 10.0 Å². The Hall–Kier alpha value is -0.280. The number of hydrogen-bond acceptors (Lipinski definition) is 2. The Balaban J connectivity index is 1.57. The van der Waals surface area contributed by atoms with Gasteiger partial charge >= 0.3 is 0 Å². The van der Waals surface area contributed by atoms with Crippen molar-refractivity contribution in [2.45, 2.75) is 38.6 Å². The Bertz CT molecular complexity index is 500. The number of rotatable bonds is 3. The fraction of sp³-hybridized carbons (Fsp3) is 0.667. The molecule has 1 aromatic rings. The van der Waals surface area contributed by atoms with Crippen LogP contribution in [0.15, 0.2) is 18.2 Å². The monoisotopic (exact) mass is 340 g/mol. The van der Waals surface area contributed by atoms with Gasteiger partial charge in [-0.2, -0.15) is 0 Å². The minimum Gasteiger partial charge on any atom is -0.317 e. The normalized spacial score (nSPS) is 28.0. The van der Waals surface area contributed by atoms with E-state index in [4.69, 9.17) is 23.2 Å². The number of piperidine rings is 2. The van der Waals surface area contributed by atoms with Crippen LogP contribution in [-0.4, -0.2) is 37.1 Å². The predicted octanol–water partition coefficient (Wildman–Crippen LogP) is 4.25. The molecule has 0 bridgehead atoms. The van der Waals surface area contributed by atoms with E-state index in [1.807, 2.05) is 12.1 Å². The molecule has 0 radical (unpaired) electrons. The van der Waals surface area contributed by atoms with Gasteiger partial charge in [0.05, 0.1) is 10.0 Å². The van der Waals surface area contributed by atoms with Gasteiger partial charge in [0, 0.05) is 12.6 Å². The lowest BCUT2D eigenvalue weighted by molar-refractivity contribution is 0.0741. The molecule has 2 fully saturated rings. The van der Waals surface area contributed by atoms with E-state index in [9.17, 15) is 0 Å². The largest absolute Gasteiger partial charge is 0.317 e. The molecular formula is C18H26Cl2N2. The number of halogens is 2. The third-order valence-corrected chi connectivity index (χ3v) is 6.16. The average molecular weight is 341 g/mol. The minimum absolute atomic E-state index is 0.652. The molecule has 122 valence electrons. The van der Waals surface area contributed by atoms with Crippen LogP contribution in [0, 0.1) is 11.8 Å². The van der Waals surface area contributed by atoms with Crippen molar-refractivity contribution >= 4 is 23.2 Å². The first kappa shape index (κ1) is 16.6. The molecule has 2 aliphatic rings. The van der Waals surface area contributed by atoms with Crippen molar-refractivity contribution in [2.75, 3.05) is 26.2 Å².